The first kappa shape index (κ1) is 20.2. The van der Waals surface area contributed by atoms with Crippen molar-refractivity contribution in [2.75, 3.05) is 10.8 Å². The molecule has 138 valence electrons. The SMILES string of the molecule is C=C(C)C(=O)SCSC(C)CC1CS[C@@H](c2cccc3ccccc23)S1. The maximum Gasteiger partial charge on any atom is 0.215 e. The smallest absolute Gasteiger partial charge is 0.215 e. The summed E-state index contributed by atoms with van der Waals surface area (Å²) in [6.07, 6.45) is 1.20. The summed E-state index contributed by atoms with van der Waals surface area (Å²) in [5.74, 6) is 1.21. The number of carbonyl (C=O) groups is 1. The molecule has 0 aromatic heterocycles. The Bertz CT molecular complexity index is 783. The molecular formula is C21H24OS4. The minimum absolute atomic E-state index is 0.117. The van der Waals surface area contributed by atoms with Crippen LogP contribution in [0.4, 0.5) is 0 Å². The number of benzene rings is 2. The summed E-state index contributed by atoms with van der Waals surface area (Å²) >= 11 is 7.46. The van der Waals surface area contributed by atoms with Gasteiger partial charge in [0.15, 0.2) is 0 Å². The Balaban J connectivity index is 1.52. The summed E-state index contributed by atoms with van der Waals surface area (Å²) < 4.78 is 0.530. The highest BCUT2D eigenvalue weighted by atomic mass is 32.2. The van der Waals surface area contributed by atoms with Gasteiger partial charge in [-0.05, 0) is 35.3 Å². The Kier molecular flexibility index (Phi) is 7.50. The minimum atomic E-state index is 0.117. The van der Waals surface area contributed by atoms with Crippen LogP contribution in [0, 0.1) is 0 Å². The Hall–Kier alpha value is -0.490. The Morgan fingerprint density at radius 2 is 2.04 bits per heavy atom. The quantitative estimate of drug-likeness (QED) is 0.353. The van der Waals surface area contributed by atoms with E-state index in [-0.39, 0.29) is 5.12 Å². The molecule has 2 unspecified atom stereocenters. The first-order valence-electron chi connectivity index (χ1n) is 8.73. The average Bonchev–Trinajstić information content (AvgIpc) is 3.09. The van der Waals surface area contributed by atoms with E-state index in [1.54, 1.807) is 6.92 Å². The fraction of sp³-hybridized carbons (Fsp3) is 0.381. The lowest BCUT2D eigenvalue weighted by atomic mass is 10.1. The van der Waals surface area contributed by atoms with Crippen molar-refractivity contribution in [1.82, 2.24) is 0 Å². The summed E-state index contributed by atoms with van der Waals surface area (Å²) in [6, 6.07) is 15.4. The standard InChI is InChI=1S/C21H24OS4/c1-14(2)20(22)25-13-24-15(3)11-17-12-23-21(26-17)19-10-6-8-16-7-4-5-9-18(16)19/h4-10,15,17,21H,1,11-13H2,2-3H3/t15?,17?,21-/m1/s1. The van der Waals surface area contributed by atoms with Crippen molar-refractivity contribution in [1.29, 1.82) is 0 Å². The van der Waals surface area contributed by atoms with E-state index in [0.29, 0.717) is 20.7 Å². The molecule has 3 rings (SSSR count). The molecule has 26 heavy (non-hydrogen) atoms. The zero-order valence-corrected chi connectivity index (χ0v) is 18.4. The summed E-state index contributed by atoms with van der Waals surface area (Å²) in [6.45, 7) is 7.77. The summed E-state index contributed by atoms with van der Waals surface area (Å²) in [7, 11) is 0. The molecule has 2 aromatic carbocycles. The van der Waals surface area contributed by atoms with Crippen molar-refractivity contribution in [3.63, 3.8) is 0 Å². The van der Waals surface area contributed by atoms with Gasteiger partial charge < -0.3 is 0 Å². The Labute approximate surface area is 173 Å². The molecule has 3 atom stereocenters. The molecule has 0 saturated carbocycles. The summed E-state index contributed by atoms with van der Waals surface area (Å²) in [5, 5.41) is 4.92. The van der Waals surface area contributed by atoms with Gasteiger partial charge in [0.2, 0.25) is 5.12 Å². The lowest BCUT2D eigenvalue weighted by Gasteiger charge is -2.16. The van der Waals surface area contributed by atoms with Gasteiger partial charge >= 0.3 is 0 Å². The van der Waals surface area contributed by atoms with Crippen LogP contribution in [-0.4, -0.2) is 26.5 Å². The molecule has 0 bridgehead atoms. The molecule has 0 spiro atoms. The Morgan fingerprint density at radius 3 is 2.85 bits per heavy atom. The van der Waals surface area contributed by atoms with E-state index in [2.05, 4.69) is 79.5 Å². The first-order chi connectivity index (χ1) is 12.5. The number of hydrogen-bond donors (Lipinski definition) is 0. The number of rotatable bonds is 7. The third-order valence-corrected chi connectivity index (χ3v) is 10.0. The van der Waals surface area contributed by atoms with Crippen molar-refractivity contribution in [2.45, 2.75) is 35.4 Å². The van der Waals surface area contributed by atoms with Crippen LogP contribution in [0.1, 0.15) is 30.4 Å². The third-order valence-electron chi connectivity index (χ3n) is 4.31. The molecule has 0 radical (unpaired) electrons. The van der Waals surface area contributed by atoms with Gasteiger partial charge in [-0.25, -0.2) is 0 Å². The second-order valence-electron chi connectivity index (χ2n) is 6.53. The topological polar surface area (TPSA) is 17.1 Å². The van der Waals surface area contributed by atoms with Crippen LogP contribution in [0.5, 0.6) is 0 Å². The van der Waals surface area contributed by atoms with Gasteiger partial charge in [0.25, 0.3) is 0 Å². The summed E-state index contributed by atoms with van der Waals surface area (Å²) in [4.78, 5) is 11.6. The largest absolute Gasteiger partial charge is 0.282 e. The van der Waals surface area contributed by atoms with E-state index in [0.717, 1.165) is 5.08 Å². The van der Waals surface area contributed by atoms with Gasteiger partial charge in [-0.15, -0.1) is 35.3 Å². The van der Waals surface area contributed by atoms with Crippen LogP contribution in [0.2, 0.25) is 0 Å². The lowest BCUT2D eigenvalue weighted by Crippen LogP contribution is -2.10. The highest BCUT2D eigenvalue weighted by Gasteiger charge is 2.29. The van der Waals surface area contributed by atoms with Crippen LogP contribution < -0.4 is 0 Å². The van der Waals surface area contributed by atoms with Gasteiger partial charge in [0.05, 0.1) is 4.58 Å². The van der Waals surface area contributed by atoms with Gasteiger partial charge in [0, 0.05) is 21.3 Å². The first-order valence-corrected chi connectivity index (χ1v) is 12.8. The maximum absolute atomic E-state index is 11.6. The summed E-state index contributed by atoms with van der Waals surface area (Å²) in [5.41, 5.74) is 2.10. The van der Waals surface area contributed by atoms with E-state index in [9.17, 15) is 4.79 Å². The molecule has 1 nitrogen and oxygen atoms in total. The number of hydrogen-bond acceptors (Lipinski definition) is 5. The predicted octanol–water partition coefficient (Wildman–Crippen LogP) is 6.99. The highest BCUT2D eigenvalue weighted by molar-refractivity contribution is 8.24. The van der Waals surface area contributed by atoms with Gasteiger partial charge in [-0.3, -0.25) is 4.79 Å². The fourth-order valence-electron chi connectivity index (χ4n) is 2.96. The third kappa shape index (κ3) is 5.28. The monoisotopic (exact) mass is 420 g/mol. The molecule has 1 heterocycles. The van der Waals surface area contributed by atoms with Gasteiger partial charge in [0.1, 0.15) is 0 Å². The molecule has 0 aliphatic carbocycles. The lowest BCUT2D eigenvalue weighted by molar-refractivity contribution is -0.107. The van der Waals surface area contributed by atoms with E-state index in [4.69, 9.17) is 0 Å². The van der Waals surface area contributed by atoms with E-state index >= 15 is 0 Å². The van der Waals surface area contributed by atoms with Crippen molar-refractivity contribution in [3.8, 4) is 0 Å². The second-order valence-corrected chi connectivity index (χ2v) is 12.1. The van der Waals surface area contributed by atoms with Crippen LogP contribution in [0.25, 0.3) is 10.8 Å². The number of fused-ring (bicyclic) bond motifs is 1. The molecule has 5 heteroatoms. The van der Waals surface area contributed by atoms with Crippen LogP contribution in [0.15, 0.2) is 54.6 Å². The number of carbonyl (C=O) groups excluding carboxylic acids is 1. The van der Waals surface area contributed by atoms with E-state index < -0.39 is 0 Å². The minimum Gasteiger partial charge on any atom is -0.282 e. The predicted molar refractivity (Wildman–Crippen MR) is 124 cm³/mol. The highest BCUT2D eigenvalue weighted by Crippen LogP contribution is 2.52. The second kappa shape index (κ2) is 9.63. The van der Waals surface area contributed by atoms with E-state index in [1.807, 2.05) is 11.8 Å². The molecule has 1 aliphatic rings. The van der Waals surface area contributed by atoms with Crippen molar-refractivity contribution >= 4 is 62.9 Å². The molecule has 0 amide bonds. The van der Waals surface area contributed by atoms with Crippen molar-refractivity contribution in [3.05, 3.63) is 60.2 Å². The van der Waals surface area contributed by atoms with Crippen molar-refractivity contribution in [2.24, 2.45) is 0 Å². The molecule has 0 N–H and O–H groups in total. The van der Waals surface area contributed by atoms with Gasteiger partial charge in [-0.2, -0.15) is 0 Å². The molecule has 1 aliphatic heterocycles. The number of thioether (sulfide) groups is 4. The molecule has 1 fully saturated rings. The molecular weight excluding hydrogens is 396 g/mol. The fourth-order valence-corrected chi connectivity index (χ4v) is 8.91. The van der Waals surface area contributed by atoms with Crippen LogP contribution in [-0.2, 0) is 4.79 Å². The average molecular weight is 421 g/mol. The zero-order valence-electron chi connectivity index (χ0n) is 15.1. The van der Waals surface area contributed by atoms with Crippen LogP contribution in [0.3, 0.4) is 0 Å². The molecule has 2 aromatic rings. The Morgan fingerprint density at radius 1 is 1.27 bits per heavy atom. The van der Waals surface area contributed by atoms with E-state index in [1.165, 1.54) is 40.3 Å². The van der Waals surface area contributed by atoms with Crippen molar-refractivity contribution < 1.29 is 4.79 Å². The molecule has 1 saturated heterocycles. The normalized spacial score (nSPS) is 21.0. The zero-order chi connectivity index (χ0) is 18.5. The maximum atomic E-state index is 11.6. The van der Waals surface area contributed by atoms with Crippen LogP contribution >= 0.6 is 47.0 Å². The van der Waals surface area contributed by atoms with Gasteiger partial charge in [-0.1, -0.05) is 67.7 Å².